The Morgan fingerprint density at radius 1 is 1.04 bits per heavy atom. The Labute approximate surface area is 148 Å². The number of likely N-dealkylation sites (tertiary alicyclic amines) is 1. The fourth-order valence-electron chi connectivity index (χ4n) is 4.17. The van der Waals surface area contributed by atoms with Crippen LogP contribution >= 0.6 is 0 Å². The van der Waals surface area contributed by atoms with Crippen LogP contribution in [-0.2, 0) is 14.3 Å². The van der Waals surface area contributed by atoms with E-state index in [4.69, 9.17) is 4.74 Å². The molecule has 3 aliphatic rings. The number of carbonyl (C=O) groups is 2. The Balaban J connectivity index is 1.45. The van der Waals surface area contributed by atoms with Gasteiger partial charge in [0.2, 0.25) is 11.8 Å². The molecule has 0 spiro atoms. The van der Waals surface area contributed by atoms with Crippen LogP contribution < -0.4 is 10.2 Å². The lowest BCUT2D eigenvalue weighted by Gasteiger charge is -2.45. The summed E-state index contributed by atoms with van der Waals surface area (Å²) in [4.78, 5) is 29.0. The number of hydrogen-bond donors (Lipinski definition) is 1. The predicted octanol–water partition coefficient (Wildman–Crippen LogP) is 2.01. The van der Waals surface area contributed by atoms with Crippen LogP contribution in [-0.4, -0.2) is 55.1 Å². The second-order valence-electron chi connectivity index (χ2n) is 7.13. The Morgan fingerprint density at radius 3 is 2.28 bits per heavy atom. The lowest BCUT2D eigenvalue weighted by Crippen LogP contribution is -2.62. The van der Waals surface area contributed by atoms with E-state index in [1.807, 2.05) is 24.3 Å². The quantitative estimate of drug-likeness (QED) is 0.850. The summed E-state index contributed by atoms with van der Waals surface area (Å²) in [5, 5.41) is 3.05. The summed E-state index contributed by atoms with van der Waals surface area (Å²) in [6.07, 6.45) is 4.14. The average Bonchev–Trinajstić information content (AvgIpc) is 3.12. The molecule has 2 aliphatic heterocycles. The molecule has 1 saturated carbocycles. The smallest absolute Gasteiger partial charge is 0.250 e. The van der Waals surface area contributed by atoms with E-state index in [0.717, 1.165) is 63.4 Å². The Morgan fingerprint density at radius 2 is 1.72 bits per heavy atom. The molecule has 2 saturated heterocycles. The van der Waals surface area contributed by atoms with Crippen LogP contribution in [0.25, 0.3) is 0 Å². The summed E-state index contributed by atoms with van der Waals surface area (Å²) in [6, 6.07) is 7.97. The first-order chi connectivity index (χ1) is 12.2. The first-order valence-electron chi connectivity index (χ1n) is 9.24. The summed E-state index contributed by atoms with van der Waals surface area (Å²) in [7, 11) is 0. The Hall–Kier alpha value is -2.08. The number of β-lactam (4-membered cyclic amide) rings is 1. The van der Waals surface area contributed by atoms with Gasteiger partial charge in [0, 0.05) is 37.4 Å². The minimum atomic E-state index is -0.627. The lowest BCUT2D eigenvalue weighted by molar-refractivity contribution is -0.154. The number of amides is 2. The van der Waals surface area contributed by atoms with Crippen molar-refractivity contribution in [3.63, 3.8) is 0 Å². The molecule has 0 unspecified atom stereocenters. The molecule has 6 nitrogen and oxygen atoms in total. The van der Waals surface area contributed by atoms with Gasteiger partial charge in [-0.25, -0.2) is 0 Å². The predicted molar refractivity (Wildman–Crippen MR) is 95.6 cm³/mol. The number of ether oxygens (including phenoxy) is 1. The van der Waals surface area contributed by atoms with Crippen molar-refractivity contribution >= 4 is 23.2 Å². The van der Waals surface area contributed by atoms with Crippen LogP contribution in [0.1, 0.15) is 32.1 Å². The van der Waals surface area contributed by atoms with Crippen LogP contribution in [0.4, 0.5) is 11.4 Å². The maximum absolute atomic E-state index is 13.0. The van der Waals surface area contributed by atoms with Gasteiger partial charge in [0.25, 0.3) is 0 Å². The molecule has 3 fully saturated rings. The van der Waals surface area contributed by atoms with Gasteiger partial charge in [-0.3, -0.25) is 9.59 Å². The molecular formula is C19H25N3O3. The van der Waals surface area contributed by atoms with Crippen molar-refractivity contribution in [3.8, 4) is 0 Å². The van der Waals surface area contributed by atoms with Gasteiger partial charge < -0.3 is 19.9 Å². The Kier molecular flexibility index (Phi) is 4.37. The molecule has 134 valence electrons. The highest BCUT2D eigenvalue weighted by molar-refractivity contribution is 6.02. The van der Waals surface area contributed by atoms with E-state index in [0.29, 0.717) is 13.0 Å². The molecule has 0 radical (unpaired) electrons. The van der Waals surface area contributed by atoms with Gasteiger partial charge in [-0.1, -0.05) is 12.8 Å². The summed E-state index contributed by atoms with van der Waals surface area (Å²) in [5.74, 6) is 0.0805. The first kappa shape index (κ1) is 16.4. The third-order valence-corrected chi connectivity index (χ3v) is 5.72. The number of morpholine rings is 1. The molecule has 0 bridgehead atoms. The fraction of sp³-hybridized carbons (Fsp3) is 0.579. The second kappa shape index (κ2) is 6.67. The standard InChI is InChI=1S/C19H25N3O3/c23-17-7-10-22(17)19(8-1-2-9-19)18(24)20-15-3-5-16(6-4-15)21-11-13-25-14-12-21/h3-6H,1-2,7-14H2,(H,20,24). The molecule has 1 aromatic carbocycles. The molecule has 4 rings (SSSR count). The average molecular weight is 343 g/mol. The largest absolute Gasteiger partial charge is 0.378 e. The highest BCUT2D eigenvalue weighted by Gasteiger charge is 2.51. The third-order valence-electron chi connectivity index (χ3n) is 5.72. The summed E-state index contributed by atoms with van der Waals surface area (Å²) >= 11 is 0. The highest BCUT2D eigenvalue weighted by Crippen LogP contribution is 2.39. The minimum absolute atomic E-state index is 0.0304. The molecule has 1 aliphatic carbocycles. The summed E-state index contributed by atoms with van der Waals surface area (Å²) in [6.45, 7) is 4.01. The van der Waals surface area contributed by atoms with Crippen molar-refractivity contribution < 1.29 is 14.3 Å². The van der Waals surface area contributed by atoms with Gasteiger partial charge >= 0.3 is 0 Å². The number of anilines is 2. The van der Waals surface area contributed by atoms with Gasteiger partial charge in [0.1, 0.15) is 5.54 Å². The van der Waals surface area contributed by atoms with Crippen molar-refractivity contribution in [1.29, 1.82) is 0 Å². The third kappa shape index (κ3) is 2.99. The molecule has 1 N–H and O–H groups in total. The fourth-order valence-corrected chi connectivity index (χ4v) is 4.17. The Bertz CT molecular complexity index is 646. The van der Waals surface area contributed by atoms with E-state index < -0.39 is 5.54 Å². The number of hydrogen-bond acceptors (Lipinski definition) is 4. The van der Waals surface area contributed by atoms with Gasteiger partial charge in [0.05, 0.1) is 13.2 Å². The van der Waals surface area contributed by atoms with Gasteiger partial charge in [-0.2, -0.15) is 0 Å². The van der Waals surface area contributed by atoms with Crippen LogP contribution in [0.15, 0.2) is 24.3 Å². The van der Waals surface area contributed by atoms with Crippen molar-refractivity contribution in [3.05, 3.63) is 24.3 Å². The molecule has 2 heterocycles. The number of nitrogens with one attached hydrogen (secondary N) is 1. The van der Waals surface area contributed by atoms with E-state index in [2.05, 4.69) is 10.2 Å². The highest BCUT2D eigenvalue weighted by atomic mass is 16.5. The van der Waals surface area contributed by atoms with Crippen molar-refractivity contribution in [2.24, 2.45) is 0 Å². The number of benzene rings is 1. The zero-order valence-corrected chi connectivity index (χ0v) is 14.5. The molecule has 0 aromatic heterocycles. The van der Waals surface area contributed by atoms with E-state index in [-0.39, 0.29) is 11.8 Å². The van der Waals surface area contributed by atoms with E-state index >= 15 is 0 Å². The second-order valence-corrected chi connectivity index (χ2v) is 7.13. The first-order valence-corrected chi connectivity index (χ1v) is 9.24. The molecular weight excluding hydrogens is 318 g/mol. The maximum atomic E-state index is 13.0. The van der Waals surface area contributed by atoms with Crippen molar-refractivity contribution in [1.82, 2.24) is 4.90 Å². The van der Waals surface area contributed by atoms with Crippen molar-refractivity contribution in [2.45, 2.75) is 37.6 Å². The van der Waals surface area contributed by atoms with Crippen LogP contribution in [0, 0.1) is 0 Å². The zero-order valence-electron chi connectivity index (χ0n) is 14.5. The molecule has 2 amide bonds. The summed E-state index contributed by atoms with van der Waals surface area (Å²) in [5.41, 5.74) is 1.31. The maximum Gasteiger partial charge on any atom is 0.250 e. The zero-order chi connectivity index (χ0) is 17.3. The number of carbonyl (C=O) groups excluding carboxylic acids is 2. The van der Waals surface area contributed by atoms with Crippen LogP contribution in [0.5, 0.6) is 0 Å². The monoisotopic (exact) mass is 343 g/mol. The SMILES string of the molecule is O=C1CCN1C1(C(=O)Nc2ccc(N3CCOCC3)cc2)CCCC1. The van der Waals surface area contributed by atoms with Gasteiger partial charge in [-0.05, 0) is 37.1 Å². The minimum Gasteiger partial charge on any atom is -0.378 e. The topological polar surface area (TPSA) is 61.9 Å². The normalized spacial score (nSPS) is 22.6. The lowest BCUT2D eigenvalue weighted by atomic mass is 9.90. The number of nitrogens with zero attached hydrogens (tertiary/aromatic N) is 2. The van der Waals surface area contributed by atoms with E-state index in [1.165, 1.54) is 0 Å². The summed E-state index contributed by atoms with van der Waals surface area (Å²) < 4.78 is 5.38. The van der Waals surface area contributed by atoms with Gasteiger partial charge in [-0.15, -0.1) is 0 Å². The molecule has 6 heteroatoms. The van der Waals surface area contributed by atoms with E-state index in [9.17, 15) is 9.59 Å². The van der Waals surface area contributed by atoms with Crippen LogP contribution in [0.2, 0.25) is 0 Å². The van der Waals surface area contributed by atoms with Gasteiger partial charge in [0.15, 0.2) is 0 Å². The van der Waals surface area contributed by atoms with E-state index in [1.54, 1.807) is 4.90 Å². The van der Waals surface area contributed by atoms with Crippen molar-refractivity contribution in [2.75, 3.05) is 43.1 Å². The molecule has 1 aromatic rings. The molecule has 25 heavy (non-hydrogen) atoms. The van der Waals surface area contributed by atoms with Crippen LogP contribution in [0.3, 0.4) is 0 Å². The number of rotatable bonds is 4. The molecule has 0 atom stereocenters.